The SMILES string of the molecule is C#C.C=Cc1oc(C)nc1/C=C\C.CC.CC. The van der Waals surface area contributed by atoms with Gasteiger partial charge in [-0.15, -0.1) is 12.8 Å². The molecule has 17 heavy (non-hydrogen) atoms. The van der Waals surface area contributed by atoms with Crippen molar-refractivity contribution in [3.8, 4) is 12.8 Å². The summed E-state index contributed by atoms with van der Waals surface area (Å²) in [5.74, 6) is 1.41. The molecule has 96 valence electrons. The lowest BCUT2D eigenvalue weighted by Gasteiger charge is -1.83. The minimum atomic E-state index is 0.674. The molecule has 0 radical (unpaired) electrons. The Morgan fingerprint density at radius 3 is 2.00 bits per heavy atom. The van der Waals surface area contributed by atoms with Crippen molar-refractivity contribution in [3.63, 3.8) is 0 Å². The van der Waals surface area contributed by atoms with Crippen LogP contribution in [0.15, 0.2) is 17.1 Å². The summed E-state index contributed by atoms with van der Waals surface area (Å²) in [6.07, 6.45) is 13.5. The van der Waals surface area contributed by atoms with Crippen LogP contribution in [-0.4, -0.2) is 4.98 Å². The maximum absolute atomic E-state index is 5.24. The van der Waals surface area contributed by atoms with Crippen LogP contribution in [-0.2, 0) is 0 Å². The zero-order valence-electron chi connectivity index (χ0n) is 11.9. The molecule has 0 aliphatic heterocycles. The molecule has 0 aliphatic carbocycles. The van der Waals surface area contributed by atoms with Crippen LogP contribution >= 0.6 is 0 Å². The van der Waals surface area contributed by atoms with E-state index >= 15 is 0 Å². The Morgan fingerprint density at radius 2 is 1.65 bits per heavy atom. The van der Waals surface area contributed by atoms with Crippen LogP contribution in [0, 0.1) is 19.8 Å². The van der Waals surface area contributed by atoms with Crippen molar-refractivity contribution in [1.29, 1.82) is 0 Å². The number of allylic oxidation sites excluding steroid dienone is 1. The van der Waals surface area contributed by atoms with Crippen LogP contribution in [0.5, 0.6) is 0 Å². The van der Waals surface area contributed by atoms with E-state index < -0.39 is 0 Å². The predicted molar refractivity (Wildman–Crippen MR) is 78.6 cm³/mol. The highest BCUT2D eigenvalue weighted by Crippen LogP contribution is 2.12. The highest BCUT2D eigenvalue weighted by Gasteiger charge is 2.02. The van der Waals surface area contributed by atoms with Gasteiger partial charge in [0.2, 0.25) is 0 Å². The van der Waals surface area contributed by atoms with E-state index in [9.17, 15) is 0 Å². The minimum Gasteiger partial charge on any atom is -0.441 e. The van der Waals surface area contributed by atoms with Gasteiger partial charge in [-0.05, 0) is 19.1 Å². The highest BCUT2D eigenvalue weighted by atomic mass is 16.4. The van der Waals surface area contributed by atoms with Gasteiger partial charge in [-0.25, -0.2) is 4.98 Å². The van der Waals surface area contributed by atoms with Crippen molar-refractivity contribution in [3.05, 3.63) is 30.0 Å². The highest BCUT2D eigenvalue weighted by molar-refractivity contribution is 5.56. The van der Waals surface area contributed by atoms with Gasteiger partial charge < -0.3 is 4.42 Å². The normalized spacial score (nSPS) is 7.76. The maximum Gasteiger partial charge on any atom is 0.192 e. The lowest BCUT2D eigenvalue weighted by molar-refractivity contribution is 0.513. The Labute approximate surface area is 106 Å². The van der Waals surface area contributed by atoms with Crippen molar-refractivity contribution >= 4 is 12.2 Å². The average molecular weight is 235 g/mol. The van der Waals surface area contributed by atoms with E-state index in [0.717, 1.165) is 11.5 Å². The van der Waals surface area contributed by atoms with Gasteiger partial charge in [0.25, 0.3) is 0 Å². The lowest BCUT2D eigenvalue weighted by Crippen LogP contribution is -1.73. The van der Waals surface area contributed by atoms with E-state index in [4.69, 9.17) is 4.42 Å². The molecule has 0 N–H and O–H groups in total. The molecule has 0 spiro atoms. The van der Waals surface area contributed by atoms with Gasteiger partial charge in [0, 0.05) is 6.92 Å². The second-order valence-corrected chi connectivity index (χ2v) is 2.19. The summed E-state index contributed by atoms with van der Waals surface area (Å²) in [7, 11) is 0. The van der Waals surface area contributed by atoms with Crippen LogP contribution in [0.2, 0.25) is 0 Å². The summed E-state index contributed by atoms with van der Waals surface area (Å²) in [4.78, 5) is 4.15. The molecule has 0 saturated heterocycles. The molecule has 0 fully saturated rings. The largest absolute Gasteiger partial charge is 0.441 e. The number of aryl methyl sites for hydroxylation is 1. The van der Waals surface area contributed by atoms with Gasteiger partial charge >= 0.3 is 0 Å². The van der Waals surface area contributed by atoms with E-state index in [2.05, 4.69) is 24.4 Å². The summed E-state index contributed by atoms with van der Waals surface area (Å²) < 4.78 is 5.24. The molecular formula is C15H25NO. The summed E-state index contributed by atoms with van der Waals surface area (Å²) in [5.41, 5.74) is 0.847. The number of rotatable bonds is 2. The third-order valence-electron chi connectivity index (χ3n) is 1.30. The van der Waals surface area contributed by atoms with Crippen LogP contribution < -0.4 is 0 Å². The molecule has 1 rings (SSSR count). The molecule has 0 aliphatic rings. The van der Waals surface area contributed by atoms with Crippen LogP contribution in [0.4, 0.5) is 0 Å². The fourth-order valence-corrected chi connectivity index (χ4v) is 0.882. The average Bonchev–Trinajstić information content (AvgIpc) is 2.77. The van der Waals surface area contributed by atoms with Gasteiger partial charge in [-0.3, -0.25) is 0 Å². The van der Waals surface area contributed by atoms with Gasteiger partial charge in [-0.1, -0.05) is 40.3 Å². The molecular weight excluding hydrogens is 210 g/mol. The number of nitrogens with zero attached hydrogens (tertiary/aromatic N) is 1. The smallest absolute Gasteiger partial charge is 0.192 e. The standard InChI is InChI=1S/C9H11NO.2C2H6.C2H2/c1-4-6-8-9(5-2)11-7(3)10-8;3*1-2/h4-6H,2H2,1,3H3;2*1-2H3;1-2H/b6-4-;;;. The van der Waals surface area contributed by atoms with E-state index in [0.29, 0.717) is 5.89 Å². The maximum atomic E-state index is 5.24. The van der Waals surface area contributed by atoms with Crippen LogP contribution in [0.25, 0.3) is 12.2 Å². The van der Waals surface area contributed by atoms with Crippen LogP contribution in [0.3, 0.4) is 0 Å². The molecule has 0 atom stereocenters. The third kappa shape index (κ3) is 9.19. The number of hydrogen-bond acceptors (Lipinski definition) is 2. The van der Waals surface area contributed by atoms with Gasteiger partial charge in [-0.2, -0.15) is 0 Å². The van der Waals surface area contributed by atoms with Crippen LogP contribution in [0.1, 0.15) is 52.0 Å². The van der Waals surface area contributed by atoms with E-state index in [1.54, 1.807) is 6.08 Å². The first-order chi connectivity index (χ1) is 8.27. The molecule has 0 saturated carbocycles. The summed E-state index contributed by atoms with van der Waals surface area (Å²) in [6, 6.07) is 0. The minimum absolute atomic E-state index is 0.674. The van der Waals surface area contributed by atoms with Crippen molar-refractivity contribution in [2.24, 2.45) is 0 Å². The van der Waals surface area contributed by atoms with Gasteiger partial charge in [0.05, 0.1) is 0 Å². The molecule has 0 bridgehead atoms. The summed E-state index contributed by atoms with van der Waals surface area (Å²) in [6.45, 7) is 15.4. The lowest BCUT2D eigenvalue weighted by atomic mass is 10.3. The summed E-state index contributed by atoms with van der Waals surface area (Å²) >= 11 is 0. The fourth-order valence-electron chi connectivity index (χ4n) is 0.882. The third-order valence-corrected chi connectivity index (χ3v) is 1.30. The number of terminal acetylenes is 1. The Kier molecular flexibility index (Phi) is 20.2. The molecule has 2 heteroatoms. The quantitative estimate of drug-likeness (QED) is 0.677. The first kappa shape index (κ1) is 20.6. The van der Waals surface area contributed by atoms with Crippen molar-refractivity contribution in [2.75, 3.05) is 0 Å². The van der Waals surface area contributed by atoms with E-state index in [1.807, 2.05) is 53.7 Å². The molecule has 1 aromatic heterocycles. The molecule has 0 aromatic carbocycles. The molecule has 1 aromatic rings. The fraction of sp³-hybridized carbons (Fsp3) is 0.400. The zero-order chi connectivity index (χ0) is 14.3. The van der Waals surface area contributed by atoms with Crippen molar-refractivity contribution in [2.45, 2.75) is 41.5 Å². The second kappa shape index (κ2) is 16.7. The van der Waals surface area contributed by atoms with E-state index in [-0.39, 0.29) is 0 Å². The molecule has 1 heterocycles. The molecule has 0 unspecified atom stereocenters. The predicted octanol–water partition coefficient (Wildman–Crippen LogP) is 4.96. The first-order valence-electron chi connectivity index (χ1n) is 5.84. The monoisotopic (exact) mass is 235 g/mol. The Bertz CT molecular complexity index is 319. The number of aromatic nitrogens is 1. The van der Waals surface area contributed by atoms with Gasteiger partial charge in [0.15, 0.2) is 11.7 Å². The summed E-state index contributed by atoms with van der Waals surface area (Å²) in [5, 5.41) is 0. The topological polar surface area (TPSA) is 26.0 Å². The zero-order valence-corrected chi connectivity index (χ0v) is 11.9. The number of oxazole rings is 1. The van der Waals surface area contributed by atoms with Crippen molar-refractivity contribution < 1.29 is 4.42 Å². The first-order valence-corrected chi connectivity index (χ1v) is 5.84. The van der Waals surface area contributed by atoms with E-state index in [1.165, 1.54) is 0 Å². The Hall–Kier alpha value is -1.75. The van der Waals surface area contributed by atoms with Crippen molar-refractivity contribution in [1.82, 2.24) is 4.98 Å². The number of hydrogen-bond donors (Lipinski definition) is 0. The second-order valence-electron chi connectivity index (χ2n) is 2.19. The molecule has 2 nitrogen and oxygen atoms in total. The Morgan fingerprint density at radius 1 is 1.18 bits per heavy atom. The van der Waals surface area contributed by atoms with Gasteiger partial charge in [0.1, 0.15) is 5.69 Å². The molecule has 0 amide bonds. The Balaban J connectivity index is -0.000000285.